The van der Waals surface area contributed by atoms with E-state index < -0.39 is 15.3 Å². The number of hydrogen-bond donors (Lipinski definition) is 1. The average Bonchev–Trinajstić information content (AvgIpc) is 1.85. The van der Waals surface area contributed by atoms with E-state index in [-0.39, 0.29) is 18.7 Å². The fourth-order valence-electron chi connectivity index (χ4n) is 0.646. The van der Waals surface area contributed by atoms with Crippen LogP contribution in [0.4, 0.5) is 0 Å². The highest BCUT2D eigenvalue weighted by atomic mass is 35.5. The van der Waals surface area contributed by atoms with E-state index in [1.54, 1.807) is 6.92 Å². The molecule has 1 N–H and O–H groups in total. The second-order valence-corrected chi connectivity index (χ2v) is 4.67. The quantitative estimate of drug-likeness (QED) is 0.653. The molecule has 0 heterocycles. The van der Waals surface area contributed by atoms with Crippen molar-refractivity contribution < 1.29 is 13.2 Å². The maximum Gasteiger partial charge on any atom is 0.222 e. The summed E-state index contributed by atoms with van der Waals surface area (Å²) in [7, 11) is -3.19. The molecule has 0 aromatic heterocycles. The van der Waals surface area contributed by atoms with Crippen LogP contribution in [0.2, 0.25) is 0 Å². The van der Waals surface area contributed by atoms with E-state index in [1.165, 1.54) is 0 Å². The number of sulfonamides is 1. The van der Waals surface area contributed by atoms with Gasteiger partial charge in [0.15, 0.2) is 0 Å². The lowest BCUT2D eigenvalue weighted by atomic mass is 10.5. The van der Waals surface area contributed by atoms with Crippen LogP contribution in [0.25, 0.3) is 0 Å². The van der Waals surface area contributed by atoms with E-state index in [1.807, 2.05) is 0 Å². The van der Waals surface area contributed by atoms with Crippen LogP contribution >= 0.6 is 11.6 Å². The molecular formula is C6H12ClNO3S. The van der Waals surface area contributed by atoms with Gasteiger partial charge in [0.1, 0.15) is 0 Å². The van der Waals surface area contributed by atoms with E-state index in [4.69, 9.17) is 11.6 Å². The standard InChI is InChI=1S/C6H12ClNO3S/c1-2-5-12(10,11)8-4-3-6(7)9/h8H,2-5H2,1H3. The van der Waals surface area contributed by atoms with Crippen molar-refractivity contribution in [3.05, 3.63) is 0 Å². The third kappa shape index (κ3) is 6.57. The topological polar surface area (TPSA) is 63.2 Å². The summed E-state index contributed by atoms with van der Waals surface area (Å²) in [5, 5.41) is -0.533. The van der Waals surface area contributed by atoms with Crippen molar-refractivity contribution >= 4 is 26.9 Å². The first-order valence-corrected chi connectivity index (χ1v) is 5.66. The molecule has 0 aliphatic rings. The molecule has 0 amide bonds. The van der Waals surface area contributed by atoms with Crippen LogP contribution in [0.3, 0.4) is 0 Å². The van der Waals surface area contributed by atoms with Gasteiger partial charge in [0.2, 0.25) is 15.3 Å². The monoisotopic (exact) mass is 213 g/mol. The van der Waals surface area contributed by atoms with Gasteiger partial charge in [0, 0.05) is 13.0 Å². The second kappa shape index (κ2) is 5.50. The number of carbonyl (C=O) groups is 1. The normalized spacial score (nSPS) is 11.5. The van der Waals surface area contributed by atoms with Crippen molar-refractivity contribution in [1.82, 2.24) is 4.72 Å². The number of carbonyl (C=O) groups excluding carboxylic acids is 1. The summed E-state index contributed by atoms with van der Waals surface area (Å²) in [6.45, 7) is 1.86. The molecule has 0 atom stereocenters. The van der Waals surface area contributed by atoms with Gasteiger partial charge in [-0.2, -0.15) is 0 Å². The summed E-state index contributed by atoms with van der Waals surface area (Å²) in [5.41, 5.74) is 0. The maximum absolute atomic E-state index is 10.9. The van der Waals surface area contributed by atoms with Gasteiger partial charge >= 0.3 is 0 Å². The van der Waals surface area contributed by atoms with Gasteiger partial charge in [-0.05, 0) is 18.0 Å². The fourth-order valence-corrected chi connectivity index (χ4v) is 1.84. The largest absolute Gasteiger partial charge is 0.281 e. The molecule has 0 rings (SSSR count). The average molecular weight is 214 g/mol. The number of hydrogen-bond acceptors (Lipinski definition) is 3. The van der Waals surface area contributed by atoms with Gasteiger partial charge in [-0.3, -0.25) is 4.79 Å². The molecule has 0 fully saturated rings. The summed E-state index contributed by atoms with van der Waals surface area (Å²) in [6, 6.07) is 0. The van der Waals surface area contributed by atoms with E-state index in [2.05, 4.69) is 4.72 Å². The molecule has 0 aromatic carbocycles. The van der Waals surface area contributed by atoms with Crippen molar-refractivity contribution in [2.75, 3.05) is 12.3 Å². The van der Waals surface area contributed by atoms with Crippen LogP contribution < -0.4 is 4.72 Å². The van der Waals surface area contributed by atoms with E-state index in [0.29, 0.717) is 6.42 Å². The first-order valence-electron chi connectivity index (χ1n) is 3.63. The van der Waals surface area contributed by atoms with Crippen molar-refractivity contribution in [3.63, 3.8) is 0 Å². The van der Waals surface area contributed by atoms with Gasteiger partial charge in [0.05, 0.1) is 5.75 Å². The van der Waals surface area contributed by atoms with E-state index in [9.17, 15) is 13.2 Å². The molecule has 0 unspecified atom stereocenters. The minimum atomic E-state index is -3.19. The van der Waals surface area contributed by atoms with E-state index in [0.717, 1.165) is 0 Å². The zero-order valence-electron chi connectivity index (χ0n) is 6.84. The Labute approximate surface area is 77.3 Å². The van der Waals surface area contributed by atoms with Gasteiger partial charge in [-0.15, -0.1) is 0 Å². The Morgan fingerprint density at radius 3 is 2.50 bits per heavy atom. The Balaban J connectivity index is 3.69. The lowest BCUT2D eigenvalue weighted by Gasteiger charge is -2.02. The predicted molar refractivity (Wildman–Crippen MR) is 47.6 cm³/mol. The highest BCUT2D eigenvalue weighted by molar-refractivity contribution is 7.89. The summed E-state index contributed by atoms with van der Waals surface area (Å²) < 4.78 is 24.2. The number of rotatable bonds is 6. The minimum Gasteiger partial charge on any atom is -0.281 e. The molecule has 4 nitrogen and oxygen atoms in total. The molecular weight excluding hydrogens is 202 g/mol. The fraction of sp³-hybridized carbons (Fsp3) is 0.833. The summed E-state index contributed by atoms with van der Waals surface area (Å²) >= 11 is 5.01. The zero-order chi connectivity index (χ0) is 9.61. The number of halogens is 1. The zero-order valence-corrected chi connectivity index (χ0v) is 8.41. The Kier molecular flexibility index (Phi) is 5.44. The second-order valence-electron chi connectivity index (χ2n) is 2.32. The molecule has 0 aromatic rings. The van der Waals surface area contributed by atoms with Crippen molar-refractivity contribution in [2.45, 2.75) is 19.8 Å². The molecule has 6 heteroatoms. The van der Waals surface area contributed by atoms with Gasteiger partial charge in [-0.1, -0.05) is 6.92 Å². The van der Waals surface area contributed by atoms with Crippen molar-refractivity contribution in [1.29, 1.82) is 0 Å². The number of nitrogens with one attached hydrogen (secondary N) is 1. The Hall–Kier alpha value is -0.130. The van der Waals surface area contributed by atoms with Crippen LogP contribution in [0.15, 0.2) is 0 Å². The Bertz CT molecular complexity index is 237. The molecule has 0 radical (unpaired) electrons. The minimum absolute atomic E-state index is 0.0322. The predicted octanol–water partition coefficient (Wildman–Crippen LogP) is 0.471. The molecule has 0 aliphatic carbocycles. The van der Waals surface area contributed by atoms with Gasteiger partial charge in [0.25, 0.3) is 0 Å². The molecule has 0 aliphatic heterocycles. The van der Waals surface area contributed by atoms with E-state index >= 15 is 0 Å². The molecule has 0 spiro atoms. The highest BCUT2D eigenvalue weighted by Gasteiger charge is 2.07. The molecule has 0 saturated carbocycles. The lowest BCUT2D eigenvalue weighted by Crippen LogP contribution is -2.27. The first kappa shape index (κ1) is 11.9. The van der Waals surface area contributed by atoms with Crippen molar-refractivity contribution in [2.24, 2.45) is 0 Å². The Morgan fingerprint density at radius 1 is 1.50 bits per heavy atom. The molecule has 12 heavy (non-hydrogen) atoms. The van der Waals surface area contributed by atoms with Crippen LogP contribution in [0, 0.1) is 0 Å². The van der Waals surface area contributed by atoms with Crippen molar-refractivity contribution in [3.8, 4) is 0 Å². The molecule has 72 valence electrons. The van der Waals surface area contributed by atoms with Gasteiger partial charge < -0.3 is 0 Å². The lowest BCUT2D eigenvalue weighted by molar-refractivity contribution is -0.111. The van der Waals surface area contributed by atoms with Gasteiger partial charge in [-0.25, -0.2) is 13.1 Å². The SMILES string of the molecule is CCCS(=O)(=O)NCCC(=O)Cl. The van der Waals surface area contributed by atoms with Crippen LogP contribution in [0.1, 0.15) is 19.8 Å². The van der Waals surface area contributed by atoms with Crippen LogP contribution in [-0.2, 0) is 14.8 Å². The summed E-state index contributed by atoms with van der Waals surface area (Å²) in [6.07, 6.45) is 0.592. The summed E-state index contributed by atoms with van der Waals surface area (Å²) in [5.74, 6) is 0.0868. The summed E-state index contributed by atoms with van der Waals surface area (Å²) in [4.78, 5) is 10.2. The smallest absolute Gasteiger partial charge is 0.222 e. The van der Waals surface area contributed by atoms with Crippen LogP contribution in [-0.4, -0.2) is 26.0 Å². The third-order valence-corrected chi connectivity index (χ3v) is 2.90. The first-order chi connectivity index (χ1) is 5.48. The third-order valence-electron chi connectivity index (χ3n) is 1.12. The Morgan fingerprint density at radius 2 is 2.08 bits per heavy atom. The molecule has 0 saturated heterocycles. The molecule has 0 bridgehead atoms. The maximum atomic E-state index is 10.9. The van der Waals surface area contributed by atoms with Crippen LogP contribution in [0.5, 0.6) is 0 Å². The highest BCUT2D eigenvalue weighted by Crippen LogP contribution is 1.91.